The molecule has 9 nitrogen and oxygen atoms in total. The van der Waals surface area contributed by atoms with Crippen LogP contribution in [0.4, 0.5) is 4.79 Å². The van der Waals surface area contributed by atoms with Crippen LogP contribution in [0.1, 0.15) is 37.4 Å². The lowest BCUT2D eigenvalue weighted by molar-refractivity contribution is -0.132. The molecule has 1 aromatic rings. The van der Waals surface area contributed by atoms with Crippen LogP contribution in [0.2, 0.25) is 0 Å². The minimum absolute atomic E-state index is 0.0257. The molecule has 1 atom stereocenters. The van der Waals surface area contributed by atoms with E-state index < -0.39 is 12.1 Å². The fraction of sp³-hybridized carbons (Fsp3) is 0.667. The third-order valence-corrected chi connectivity index (χ3v) is 4.51. The van der Waals surface area contributed by atoms with E-state index in [4.69, 9.17) is 4.52 Å². The van der Waals surface area contributed by atoms with Crippen molar-refractivity contribution in [1.29, 1.82) is 0 Å². The SMILES string of the molecule is Cc1nc(CC2CCN(C(=O)CC[C@H]3NC(=O)NC3=O)CC2)no1. The van der Waals surface area contributed by atoms with Crippen LogP contribution >= 0.6 is 0 Å². The Kier molecular flexibility index (Phi) is 4.77. The number of carbonyl (C=O) groups excluding carboxylic acids is 3. The molecule has 0 unspecified atom stereocenters. The van der Waals surface area contributed by atoms with Crippen molar-refractivity contribution in [1.82, 2.24) is 25.7 Å². The minimum atomic E-state index is -0.597. The molecule has 2 saturated heterocycles. The Balaban J connectivity index is 1.40. The van der Waals surface area contributed by atoms with E-state index in [2.05, 4.69) is 20.8 Å². The Hall–Kier alpha value is -2.45. The highest BCUT2D eigenvalue weighted by atomic mass is 16.5. The third kappa shape index (κ3) is 3.90. The molecule has 0 spiro atoms. The molecule has 2 N–H and O–H groups in total. The second kappa shape index (κ2) is 6.98. The fourth-order valence-electron chi connectivity index (χ4n) is 3.16. The van der Waals surface area contributed by atoms with Crippen molar-refractivity contribution >= 4 is 17.8 Å². The molecular formula is C15H21N5O4. The molecule has 0 aliphatic carbocycles. The zero-order valence-electron chi connectivity index (χ0n) is 13.6. The number of rotatable bonds is 5. The number of nitrogens with one attached hydrogen (secondary N) is 2. The average Bonchev–Trinajstić information content (AvgIpc) is 3.10. The molecular weight excluding hydrogens is 314 g/mol. The van der Waals surface area contributed by atoms with Crippen molar-refractivity contribution in [2.45, 2.75) is 45.1 Å². The zero-order chi connectivity index (χ0) is 17.1. The Bertz CT molecular complexity index is 636. The van der Waals surface area contributed by atoms with Crippen LogP contribution in [0, 0.1) is 12.8 Å². The van der Waals surface area contributed by atoms with E-state index >= 15 is 0 Å². The lowest BCUT2D eigenvalue weighted by Gasteiger charge is -2.31. The maximum Gasteiger partial charge on any atom is 0.322 e. The van der Waals surface area contributed by atoms with Gasteiger partial charge in [0.05, 0.1) is 0 Å². The van der Waals surface area contributed by atoms with Crippen molar-refractivity contribution in [2.24, 2.45) is 5.92 Å². The minimum Gasteiger partial charge on any atom is -0.343 e. The summed E-state index contributed by atoms with van der Waals surface area (Å²) < 4.78 is 4.97. The lowest BCUT2D eigenvalue weighted by Crippen LogP contribution is -2.40. The monoisotopic (exact) mass is 335 g/mol. The number of nitrogens with zero attached hydrogens (tertiary/aromatic N) is 3. The molecule has 3 rings (SSSR count). The molecule has 9 heteroatoms. The Morgan fingerprint density at radius 2 is 2.08 bits per heavy atom. The largest absolute Gasteiger partial charge is 0.343 e. The molecule has 4 amide bonds. The summed E-state index contributed by atoms with van der Waals surface area (Å²) in [6, 6.07) is -1.09. The first kappa shape index (κ1) is 16.4. The molecule has 0 radical (unpaired) electrons. The van der Waals surface area contributed by atoms with Gasteiger partial charge in [-0.2, -0.15) is 4.98 Å². The Labute approximate surface area is 139 Å². The molecule has 130 valence electrons. The van der Waals surface area contributed by atoms with Crippen LogP contribution in [0.25, 0.3) is 0 Å². The smallest absolute Gasteiger partial charge is 0.322 e. The lowest BCUT2D eigenvalue weighted by atomic mass is 9.93. The Morgan fingerprint density at radius 1 is 1.33 bits per heavy atom. The van der Waals surface area contributed by atoms with Gasteiger partial charge in [0.15, 0.2) is 5.82 Å². The maximum absolute atomic E-state index is 12.3. The molecule has 0 aromatic carbocycles. The first-order chi connectivity index (χ1) is 11.5. The summed E-state index contributed by atoms with van der Waals surface area (Å²) in [4.78, 5) is 40.8. The second-order valence-corrected chi connectivity index (χ2v) is 6.31. The normalized spacial score (nSPS) is 21.7. The Morgan fingerprint density at radius 3 is 2.67 bits per heavy atom. The summed E-state index contributed by atoms with van der Waals surface area (Å²) in [5.74, 6) is 1.41. The number of aromatic nitrogens is 2. The first-order valence-electron chi connectivity index (χ1n) is 8.19. The van der Waals surface area contributed by atoms with Gasteiger partial charge in [0.1, 0.15) is 6.04 Å². The van der Waals surface area contributed by atoms with Gasteiger partial charge in [-0.05, 0) is 25.2 Å². The van der Waals surface area contributed by atoms with Gasteiger partial charge in [-0.3, -0.25) is 14.9 Å². The predicted octanol–water partition coefficient (Wildman–Crippen LogP) is 0.147. The molecule has 24 heavy (non-hydrogen) atoms. The average molecular weight is 335 g/mol. The van der Waals surface area contributed by atoms with E-state index in [-0.39, 0.29) is 18.2 Å². The van der Waals surface area contributed by atoms with Crippen molar-refractivity contribution in [3.8, 4) is 0 Å². The van der Waals surface area contributed by atoms with Crippen LogP contribution in [0.5, 0.6) is 0 Å². The van der Waals surface area contributed by atoms with Crippen molar-refractivity contribution in [3.05, 3.63) is 11.7 Å². The summed E-state index contributed by atoms with van der Waals surface area (Å²) in [5.41, 5.74) is 0. The highest BCUT2D eigenvalue weighted by molar-refractivity contribution is 6.04. The van der Waals surface area contributed by atoms with Gasteiger partial charge >= 0.3 is 6.03 Å². The van der Waals surface area contributed by atoms with E-state index in [0.717, 1.165) is 25.1 Å². The quantitative estimate of drug-likeness (QED) is 0.740. The maximum atomic E-state index is 12.3. The first-order valence-corrected chi connectivity index (χ1v) is 8.19. The van der Waals surface area contributed by atoms with E-state index in [9.17, 15) is 14.4 Å². The van der Waals surface area contributed by atoms with E-state index in [0.29, 0.717) is 31.3 Å². The van der Waals surface area contributed by atoms with Crippen LogP contribution in [0.3, 0.4) is 0 Å². The molecule has 0 saturated carbocycles. The second-order valence-electron chi connectivity index (χ2n) is 6.31. The number of hydrogen-bond acceptors (Lipinski definition) is 6. The molecule has 0 bridgehead atoms. The van der Waals surface area contributed by atoms with E-state index in [1.54, 1.807) is 6.92 Å². The van der Waals surface area contributed by atoms with E-state index in [1.807, 2.05) is 4.90 Å². The van der Waals surface area contributed by atoms with Crippen molar-refractivity contribution in [3.63, 3.8) is 0 Å². The zero-order valence-corrected chi connectivity index (χ0v) is 13.6. The van der Waals surface area contributed by atoms with Crippen molar-refractivity contribution in [2.75, 3.05) is 13.1 Å². The van der Waals surface area contributed by atoms with Gasteiger partial charge in [0.25, 0.3) is 5.91 Å². The van der Waals surface area contributed by atoms with Crippen LogP contribution in [-0.4, -0.2) is 52.0 Å². The summed E-state index contributed by atoms with van der Waals surface area (Å²) in [6.07, 6.45) is 3.17. The van der Waals surface area contributed by atoms with Crippen LogP contribution in [-0.2, 0) is 16.0 Å². The number of carbonyl (C=O) groups is 3. The number of likely N-dealkylation sites (tertiary alicyclic amines) is 1. The molecule has 1 aromatic heterocycles. The highest BCUT2D eigenvalue weighted by Gasteiger charge is 2.31. The molecule has 2 fully saturated rings. The van der Waals surface area contributed by atoms with Gasteiger partial charge in [-0.15, -0.1) is 0 Å². The van der Waals surface area contributed by atoms with Gasteiger partial charge in [-0.25, -0.2) is 4.79 Å². The number of urea groups is 1. The summed E-state index contributed by atoms with van der Waals surface area (Å²) in [5, 5.41) is 8.58. The summed E-state index contributed by atoms with van der Waals surface area (Å²) >= 11 is 0. The van der Waals surface area contributed by atoms with E-state index in [1.165, 1.54) is 0 Å². The topological polar surface area (TPSA) is 117 Å². The van der Waals surface area contributed by atoms with Gasteiger partial charge in [0, 0.05) is 32.9 Å². The predicted molar refractivity (Wildman–Crippen MR) is 81.7 cm³/mol. The van der Waals surface area contributed by atoms with Crippen LogP contribution < -0.4 is 10.6 Å². The molecule has 3 heterocycles. The number of imide groups is 1. The van der Waals surface area contributed by atoms with Gasteiger partial charge < -0.3 is 14.7 Å². The number of aryl methyl sites for hydroxylation is 1. The fourth-order valence-corrected chi connectivity index (χ4v) is 3.16. The van der Waals surface area contributed by atoms with Crippen molar-refractivity contribution < 1.29 is 18.9 Å². The van der Waals surface area contributed by atoms with Gasteiger partial charge in [0.2, 0.25) is 11.8 Å². The van der Waals surface area contributed by atoms with Gasteiger partial charge in [-0.1, -0.05) is 5.16 Å². The summed E-state index contributed by atoms with van der Waals surface area (Å²) in [7, 11) is 0. The standard InChI is InChI=1S/C15H21N5O4/c1-9-16-12(19-24-9)8-10-4-6-20(7-5-10)13(21)3-2-11-14(22)18-15(23)17-11/h10-11H,2-8H2,1H3,(H2,17,18,22,23)/t11-/m1/s1. The number of hydrogen-bond donors (Lipinski definition) is 2. The molecule has 2 aliphatic rings. The summed E-state index contributed by atoms with van der Waals surface area (Å²) in [6.45, 7) is 3.16. The number of amides is 4. The molecule has 2 aliphatic heterocycles. The van der Waals surface area contributed by atoms with Crippen LogP contribution in [0.15, 0.2) is 4.52 Å². The highest BCUT2D eigenvalue weighted by Crippen LogP contribution is 2.21. The number of piperidine rings is 1. The third-order valence-electron chi connectivity index (χ3n) is 4.51.